The van der Waals surface area contributed by atoms with Gasteiger partial charge in [-0.1, -0.05) is 54.3 Å². The quantitative estimate of drug-likeness (QED) is 0.530. The molecule has 104 valence electrons. The Morgan fingerprint density at radius 3 is 2.23 bits per heavy atom. The number of ketones is 1. The smallest absolute Gasteiger partial charge is 0.194 e. The lowest BCUT2D eigenvalue weighted by molar-refractivity contribution is 0.103. The summed E-state index contributed by atoms with van der Waals surface area (Å²) in [5.41, 5.74) is 2.89. The number of hydrogen-bond acceptors (Lipinski definition) is 2. The van der Waals surface area contributed by atoms with Gasteiger partial charge >= 0.3 is 0 Å². The minimum absolute atomic E-state index is 0.0137. The van der Waals surface area contributed by atoms with Crippen molar-refractivity contribution >= 4 is 5.78 Å². The largest absolute Gasteiger partial charge is 0.289 e. The molecule has 22 heavy (non-hydrogen) atoms. The third-order valence-corrected chi connectivity index (χ3v) is 3.23. The molecule has 2 nitrogen and oxygen atoms in total. The first-order valence-corrected chi connectivity index (χ1v) is 6.95. The van der Waals surface area contributed by atoms with Crippen molar-refractivity contribution in [2.75, 3.05) is 0 Å². The van der Waals surface area contributed by atoms with Crippen molar-refractivity contribution in [3.63, 3.8) is 0 Å². The monoisotopic (exact) mass is 283 g/mol. The Balaban J connectivity index is 1.98. The summed E-state index contributed by atoms with van der Waals surface area (Å²) in [5.74, 6) is 6.13. The SMILES string of the molecule is O=C(c1ccccc1)c1ccccc1C#Cc1ccncc1. The molecule has 0 saturated heterocycles. The minimum Gasteiger partial charge on any atom is -0.289 e. The average molecular weight is 283 g/mol. The number of carbonyl (C=O) groups excluding carboxylic acids is 1. The average Bonchev–Trinajstić information content (AvgIpc) is 2.61. The van der Waals surface area contributed by atoms with Gasteiger partial charge in [-0.15, -0.1) is 0 Å². The molecule has 0 atom stereocenters. The third-order valence-electron chi connectivity index (χ3n) is 3.23. The van der Waals surface area contributed by atoms with Gasteiger partial charge in [-0.2, -0.15) is 0 Å². The van der Waals surface area contributed by atoms with Crippen LogP contribution in [0.25, 0.3) is 0 Å². The van der Waals surface area contributed by atoms with Crippen molar-refractivity contribution in [3.8, 4) is 11.8 Å². The molecule has 0 spiro atoms. The molecule has 3 rings (SSSR count). The second kappa shape index (κ2) is 6.51. The molecule has 2 aromatic carbocycles. The highest BCUT2D eigenvalue weighted by Gasteiger charge is 2.11. The second-order valence-electron chi connectivity index (χ2n) is 4.73. The van der Waals surface area contributed by atoms with E-state index in [1.165, 1.54) is 0 Å². The number of carbonyl (C=O) groups is 1. The summed E-state index contributed by atoms with van der Waals surface area (Å²) in [6.45, 7) is 0. The molecule has 0 fully saturated rings. The fourth-order valence-corrected chi connectivity index (χ4v) is 2.11. The van der Waals surface area contributed by atoms with Crippen molar-refractivity contribution < 1.29 is 4.79 Å². The molecule has 3 aromatic rings. The molecule has 0 saturated carbocycles. The lowest BCUT2D eigenvalue weighted by Crippen LogP contribution is -2.03. The summed E-state index contributed by atoms with van der Waals surface area (Å²) >= 11 is 0. The van der Waals surface area contributed by atoms with Gasteiger partial charge in [-0.3, -0.25) is 9.78 Å². The number of pyridine rings is 1. The highest BCUT2D eigenvalue weighted by molar-refractivity contribution is 6.10. The van der Waals surface area contributed by atoms with E-state index >= 15 is 0 Å². The van der Waals surface area contributed by atoms with Gasteiger partial charge in [0, 0.05) is 34.6 Å². The van der Waals surface area contributed by atoms with E-state index in [0.717, 1.165) is 11.1 Å². The fourth-order valence-electron chi connectivity index (χ4n) is 2.11. The maximum atomic E-state index is 12.6. The molecule has 0 aliphatic rings. The van der Waals surface area contributed by atoms with Crippen LogP contribution in [0.1, 0.15) is 27.0 Å². The molecule has 0 aliphatic heterocycles. The molecule has 0 amide bonds. The van der Waals surface area contributed by atoms with Gasteiger partial charge in [0.2, 0.25) is 0 Å². The summed E-state index contributed by atoms with van der Waals surface area (Å²) in [5, 5.41) is 0. The van der Waals surface area contributed by atoms with Gasteiger partial charge < -0.3 is 0 Å². The number of benzene rings is 2. The van der Waals surface area contributed by atoms with E-state index in [-0.39, 0.29) is 5.78 Å². The second-order valence-corrected chi connectivity index (χ2v) is 4.73. The summed E-state index contributed by atoms with van der Waals surface area (Å²) in [7, 11) is 0. The molecule has 0 unspecified atom stereocenters. The Morgan fingerprint density at radius 2 is 1.45 bits per heavy atom. The molecule has 1 heterocycles. The summed E-state index contributed by atoms with van der Waals surface area (Å²) < 4.78 is 0. The van der Waals surface area contributed by atoms with Gasteiger partial charge in [0.25, 0.3) is 0 Å². The van der Waals surface area contributed by atoms with Crippen LogP contribution in [0.4, 0.5) is 0 Å². The Labute approximate surface area is 129 Å². The van der Waals surface area contributed by atoms with Crippen LogP contribution in [0.3, 0.4) is 0 Å². The van der Waals surface area contributed by atoms with Crippen LogP contribution in [0.5, 0.6) is 0 Å². The van der Waals surface area contributed by atoms with Crippen LogP contribution in [0.2, 0.25) is 0 Å². The van der Waals surface area contributed by atoms with Crippen molar-refractivity contribution in [1.29, 1.82) is 0 Å². The first-order chi connectivity index (χ1) is 10.8. The van der Waals surface area contributed by atoms with E-state index in [1.807, 2.05) is 66.7 Å². The summed E-state index contributed by atoms with van der Waals surface area (Å²) in [6, 6.07) is 20.3. The molecule has 0 bridgehead atoms. The normalized spacial score (nSPS) is 9.64. The molecule has 2 heteroatoms. The van der Waals surface area contributed by atoms with Crippen LogP contribution < -0.4 is 0 Å². The highest BCUT2D eigenvalue weighted by atomic mass is 16.1. The standard InChI is InChI=1S/C20H13NO/c22-20(18-7-2-1-3-8-18)19-9-5-4-6-17(19)11-10-16-12-14-21-15-13-16/h1-9,12-15H. The topological polar surface area (TPSA) is 30.0 Å². The molecular formula is C20H13NO. The first-order valence-electron chi connectivity index (χ1n) is 6.95. The molecular weight excluding hydrogens is 270 g/mol. The van der Waals surface area contributed by atoms with Crippen LogP contribution in [-0.2, 0) is 0 Å². The van der Waals surface area contributed by atoms with E-state index < -0.39 is 0 Å². The molecule has 0 radical (unpaired) electrons. The van der Waals surface area contributed by atoms with Crippen LogP contribution >= 0.6 is 0 Å². The first kappa shape index (κ1) is 13.8. The lowest BCUT2D eigenvalue weighted by Gasteiger charge is -2.03. The summed E-state index contributed by atoms with van der Waals surface area (Å²) in [4.78, 5) is 16.6. The minimum atomic E-state index is -0.0137. The predicted molar refractivity (Wildman–Crippen MR) is 86.5 cm³/mol. The van der Waals surface area contributed by atoms with E-state index in [2.05, 4.69) is 16.8 Å². The Morgan fingerprint density at radius 1 is 0.773 bits per heavy atom. The zero-order valence-electron chi connectivity index (χ0n) is 11.9. The Kier molecular flexibility index (Phi) is 4.08. The fraction of sp³-hybridized carbons (Fsp3) is 0. The zero-order chi connectivity index (χ0) is 15.2. The maximum absolute atomic E-state index is 12.6. The van der Waals surface area contributed by atoms with Gasteiger partial charge in [-0.05, 0) is 24.3 Å². The van der Waals surface area contributed by atoms with Crippen LogP contribution in [-0.4, -0.2) is 10.8 Å². The maximum Gasteiger partial charge on any atom is 0.194 e. The predicted octanol–water partition coefficient (Wildman–Crippen LogP) is 3.71. The van der Waals surface area contributed by atoms with Crippen LogP contribution in [0, 0.1) is 11.8 Å². The van der Waals surface area contributed by atoms with Crippen molar-refractivity contribution in [2.24, 2.45) is 0 Å². The van der Waals surface area contributed by atoms with Crippen molar-refractivity contribution in [3.05, 3.63) is 101 Å². The number of hydrogen-bond donors (Lipinski definition) is 0. The van der Waals surface area contributed by atoms with Crippen LogP contribution in [0.15, 0.2) is 79.1 Å². The van der Waals surface area contributed by atoms with Gasteiger partial charge in [0.05, 0.1) is 0 Å². The molecule has 0 aliphatic carbocycles. The number of nitrogens with zero attached hydrogens (tertiary/aromatic N) is 1. The highest BCUT2D eigenvalue weighted by Crippen LogP contribution is 2.14. The van der Waals surface area contributed by atoms with Crippen molar-refractivity contribution in [2.45, 2.75) is 0 Å². The lowest BCUT2D eigenvalue weighted by atomic mass is 9.98. The summed E-state index contributed by atoms with van der Waals surface area (Å²) in [6.07, 6.45) is 3.40. The van der Waals surface area contributed by atoms with Gasteiger partial charge in [0.15, 0.2) is 5.78 Å². The van der Waals surface area contributed by atoms with Gasteiger partial charge in [-0.25, -0.2) is 0 Å². The van der Waals surface area contributed by atoms with Gasteiger partial charge in [0.1, 0.15) is 0 Å². The zero-order valence-corrected chi connectivity index (χ0v) is 11.9. The number of aromatic nitrogens is 1. The molecule has 1 aromatic heterocycles. The Hall–Kier alpha value is -3.18. The Bertz CT molecular complexity index is 843. The third kappa shape index (κ3) is 3.11. The van der Waals surface area contributed by atoms with Crippen molar-refractivity contribution in [1.82, 2.24) is 4.98 Å². The van der Waals surface area contributed by atoms with E-state index in [0.29, 0.717) is 11.1 Å². The number of rotatable bonds is 2. The molecule has 0 N–H and O–H groups in total. The van der Waals surface area contributed by atoms with E-state index in [1.54, 1.807) is 12.4 Å². The van der Waals surface area contributed by atoms with E-state index in [4.69, 9.17) is 0 Å². The van der Waals surface area contributed by atoms with E-state index in [9.17, 15) is 4.79 Å².